The van der Waals surface area contributed by atoms with Gasteiger partial charge < -0.3 is 5.32 Å². The molecule has 0 saturated carbocycles. The molecule has 0 radical (unpaired) electrons. The summed E-state index contributed by atoms with van der Waals surface area (Å²) >= 11 is 6.19. The molecule has 0 unspecified atom stereocenters. The maximum absolute atomic E-state index is 13.3. The lowest BCUT2D eigenvalue weighted by atomic mass is 10.1. The molecule has 4 aromatic rings. The summed E-state index contributed by atoms with van der Waals surface area (Å²) < 4.78 is 14.8. The minimum atomic E-state index is -0.433. The average molecular weight is 396 g/mol. The molecule has 0 spiro atoms. The first-order chi connectivity index (χ1) is 13.5. The zero-order valence-corrected chi connectivity index (χ0v) is 15.6. The SMILES string of the molecule is Cc1ccc(Cl)c2ccc(NC(=O)c3cn(Cc4cccc(F)c4)nn3)nc12. The Balaban J connectivity index is 1.52. The van der Waals surface area contributed by atoms with Crippen molar-refractivity contribution in [1.82, 2.24) is 20.0 Å². The van der Waals surface area contributed by atoms with Gasteiger partial charge in [0.15, 0.2) is 5.69 Å². The van der Waals surface area contributed by atoms with Crippen molar-refractivity contribution in [2.45, 2.75) is 13.5 Å². The molecule has 8 heteroatoms. The molecule has 0 aliphatic heterocycles. The smallest absolute Gasteiger partial charge is 0.278 e. The number of aryl methyl sites for hydroxylation is 1. The molecule has 0 aliphatic carbocycles. The molecule has 1 amide bonds. The monoisotopic (exact) mass is 395 g/mol. The molecule has 2 heterocycles. The zero-order chi connectivity index (χ0) is 19.7. The van der Waals surface area contributed by atoms with E-state index < -0.39 is 5.91 Å². The number of amides is 1. The molecule has 2 aromatic heterocycles. The molecule has 0 saturated heterocycles. The number of carbonyl (C=O) groups is 1. The van der Waals surface area contributed by atoms with E-state index in [4.69, 9.17) is 11.6 Å². The number of pyridine rings is 1. The fraction of sp³-hybridized carbons (Fsp3) is 0.100. The minimum absolute atomic E-state index is 0.140. The standard InChI is InChI=1S/C20H15ClFN5O/c1-12-5-7-16(21)15-6-8-18(23-19(12)15)24-20(28)17-11-27(26-25-17)10-13-3-2-4-14(22)9-13/h2-9,11H,10H2,1H3,(H,23,24,28). The summed E-state index contributed by atoms with van der Waals surface area (Å²) in [6.45, 7) is 2.24. The van der Waals surface area contributed by atoms with E-state index in [0.29, 0.717) is 17.4 Å². The summed E-state index contributed by atoms with van der Waals surface area (Å²) in [5.74, 6) is -0.368. The Morgan fingerprint density at radius 2 is 2.07 bits per heavy atom. The molecule has 2 aromatic carbocycles. The predicted molar refractivity (Wildman–Crippen MR) is 105 cm³/mol. The normalized spacial score (nSPS) is 11.0. The largest absolute Gasteiger partial charge is 0.305 e. The minimum Gasteiger partial charge on any atom is -0.305 e. The third-order valence-electron chi connectivity index (χ3n) is 4.25. The van der Waals surface area contributed by atoms with E-state index >= 15 is 0 Å². The fourth-order valence-electron chi connectivity index (χ4n) is 2.87. The highest BCUT2D eigenvalue weighted by Gasteiger charge is 2.13. The highest BCUT2D eigenvalue weighted by Crippen LogP contribution is 2.26. The molecule has 140 valence electrons. The maximum atomic E-state index is 13.3. The number of carbonyl (C=O) groups excluding carboxylic acids is 1. The van der Waals surface area contributed by atoms with Crippen molar-refractivity contribution in [3.05, 3.63) is 82.4 Å². The Bertz CT molecular complexity index is 1190. The second kappa shape index (κ2) is 7.36. The van der Waals surface area contributed by atoms with E-state index in [-0.39, 0.29) is 11.5 Å². The third kappa shape index (κ3) is 3.70. The van der Waals surface area contributed by atoms with Gasteiger partial charge in [0.05, 0.1) is 18.3 Å². The van der Waals surface area contributed by atoms with E-state index in [1.54, 1.807) is 18.2 Å². The van der Waals surface area contributed by atoms with Gasteiger partial charge in [-0.15, -0.1) is 5.10 Å². The van der Waals surface area contributed by atoms with E-state index in [1.165, 1.54) is 23.0 Å². The predicted octanol–water partition coefficient (Wildman–Crippen LogP) is 4.23. The van der Waals surface area contributed by atoms with Gasteiger partial charge in [-0.3, -0.25) is 4.79 Å². The van der Waals surface area contributed by atoms with Crippen molar-refractivity contribution in [1.29, 1.82) is 0 Å². The molecule has 4 rings (SSSR count). The van der Waals surface area contributed by atoms with Gasteiger partial charge in [-0.25, -0.2) is 14.1 Å². The van der Waals surface area contributed by atoms with Crippen molar-refractivity contribution < 1.29 is 9.18 Å². The van der Waals surface area contributed by atoms with E-state index in [2.05, 4.69) is 20.6 Å². The first-order valence-electron chi connectivity index (χ1n) is 8.51. The number of aromatic nitrogens is 4. The van der Waals surface area contributed by atoms with Gasteiger partial charge in [0.2, 0.25) is 0 Å². The van der Waals surface area contributed by atoms with Crippen LogP contribution in [0.5, 0.6) is 0 Å². The molecule has 6 nitrogen and oxygen atoms in total. The maximum Gasteiger partial charge on any atom is 0.278 e. The van der Waals surface area contributed by atoms with Crippen LogP contribution in [0.15, 0.2) is 54.7 Å². The first kappa shape index (κ1) is 18.1. The third-order valence-corrected chi connectivity index (χ3v) is 4.58. The van der Waals surface area contributed by atoms with E-state index in [9.17, 15) is 9.18 Å². The van der Waals surface area contributed by atoms with Gasteiger partial charge in [0, 0.05) is 10.4 Å². The molecule has 0 atom stereocenters. The van der Waals surface area contributed by atoms with Gasteiger partial charge in [-0.2, -0.15) is 0 Å². The van der Waals surface area contributed by atoms with Crippen LogP contribution < -0.4 is 5.32 Å². The average Bonchev–Trinajstić information content (AvgIpc) is 3.13. The molecule has 28 heavy (non-hydrogen) atoms. The first-order valence-corrected chi connectivity index (χ1v) is 8.89. The Hall–Kier alpha value is -3.32. The van der Waals surface area contributed by atoms with Crippen molar-refractivity contribution in [3.63, 3.8) is 0 Å². The van der Waals surface area contributed by atoms with Crippen LogP contribution in [-0.4, -0.2) is 25.9 Å². The zero-order valence-electron chi connectivity index (χ0n) is 14.9. The van der Waals surface area contributed by atoms with Crippen molar-refractivity contribution in [3.8, 4) is 0 Å². The van der Waals surface area contributed by atoms with Gasteiger partial charge in [0.1, 0.15) is 11.6 Å². The Morgan fingerprint density at radius 1 is 1.21 bits per heavy atom. The summed E-state index contributed by atoms with van der Waals surface area (Å²) in [7, 11) is 0. The number of anilines is 1. The van der Waals surface area contributed by atoms with Crippen LogP contribution in [0.25, 0.3) is 10.9 Å². The van der Waals surface area contributed by atoms with Crippen LogP contribution in [0.3, 0.4) is 0 Å². The summed E-state index contributed by atoms with van der Waals surface area (Å²) in [5, 5.41) is 11.9. The number of nitrogens with one attached hydrogen (secondary N) is 1. The number of hydrogen-bond acceptors (Lipinski definition) is 4. The van der Waals surface area contributed by atoms with E-state index in [0.717, 1.165) is 22.0 Å². The molecule has 0 aliphatic rings. The Labute approximate surface area is 165 Å². The van der Waals surface area contributed by atoms with Crippen LogP contribution in [0.4, 0.5) is 10.2 Å². The van der Waals surface area contributed by atoms with Gasteiger partial charge in [-0.1, -0.05) is 35.0 Å². The second-order valence-corrected chi connectivity index (χ2v) is 6.75. The topological polar surface area (TPSA) is 72.7 Å². The van der Waals surface area contributed by atoms with Crippen molar-refractivity contribution in [2.75, 3.05) is 5.32 Å². The summed E-state index contributed by atoms with van der Waals surface area (Å²) in [5.41, 5.74) is 2.54. The van der Waals surface area contributed by atoms with Crippen molar-refractivity contribution >= 4 is 34.2 Å². The molecule has 0 fully saturated rings. The molecule has 0 bridgehead atoms. The molecular formula is C20H15ClFN5O. The molecular weight excluding hydrogens is 381 g/mol. The second-order valence-electron chi connectivity index (χ2n) is 6.34. The number of nitrogens with zero attached hydrogens (tertiary/aromatic N) is 4. The highest BCUT2D eigenvalue weighted by atomic mass is 35.5. The van der Waals surface area contributed by atoms with Gasteiger partial charge in [-0.05, 0) is 48.4 Å². The lowest BCUT2D eigenvalue weighted by Crippen LogP contribution is -2.13. The lowest BCUT2D eigenvalue weighted by molar-refractivity contribution is 0.102. The summed E-state index contributed by atoms with van der Waals surface area (Å²) in [6, 6.07) is 13.4. The fourth-order valence-corrected chi connectivity index (χ4v) is 3.09. The number of rotatable bonds is 4. The van der Waals surface area contributed by atoms with E-state index in [1.807, 2.05) is 25.1 Å². The van der Waals surface area contributed by atoms with Crippen molar-refractivity contribution in [2.24, 2.45) is 0 Å². The lowest BCUT2D eigenvalue weighted by Gasteiger charge is -2.07. The molecule has 1 N–H and O–H groups in total. The number of hydrogen-bond donors (Lipinski definition) is 1. The summed E-state index contributed by atoms with van der Waals surface area (Å²) in [6.07, 6.45) is 1.50. The van der Waals surface area contributed by atoms with Crippen LogP contribution in [0.1, 0.15) is 21.6 Å². The quantitative estimate of drug-likeness (QED) is 0.561. The van der Waals surface area contributed by atoms with Crippen LogP contribution in [0, 0.1) is 12.7 Å². The Morgan fingerprint density at radius 3 is 2.89 bits per heavy atom. The number of benzene rings is 2. The van der Waals surface area contributed by atoms with Crippen LogP contribution in [0.2, 0.25) is 5.02 Å². The summed E-state index contributed by atoms with van der Waals surface area (Å²) in [4.78, 5) is 16.9. The van der Waals surface area contributed by atoms with Gasteiger partial charge in [0.25, 0.3) is 5.91 Å². The Kier molecular flexibility index (Phi) is 4.75. The number of halogens is 2. The van der Waals surface area contributed by atoms with Gasteiger partial charge >= 0.3 is 0 Å². The van der Waals surface area contributed by atoms with Crippen LogP contribution in [-0.2, 0) is 6.54 Å². The highest BCUT2D eigenvalue weighted by molar-refractivity contribution is 6.35. The van der Waals surface area contributed by atoms with Crippen LogP contribution >= 0.6 is 11.6 Å². The number of fused-ring (bicyclic) bond motifs is 1.